The summed E-state index contributed by atoms with van der Waals surface area (Å²) in [5.41, 5.74) is 6.07. The van der Waals surface area contributed by atoms with Gasteiger partial charge in [-0.2, -0.15) is 13.2 Å². The van der Waals surface area contributed by atoms with E-state index >= 15 is 0 Å². The van der Waals surface area contributed by atoms with Gasteiger partial charge in [0.05, 0.1) is 5.56 Å². The summed E-state index contributed by atoms with van der Waals surface area (Å²) in [4.78, 5) is 2.16. The Kier molecular flexibility index (Phi) is 5.01. The summed E-state index contributed by atoms with van der Waals surface area (Å²) >= 11 is 0. The van der Waals surface area contributed by atoms with Crippen LogP contribution in [0.5, 0.6) is 0 Å². The maximum atomic E-state index is 12.3. The molecule has 0 saturated carbocycles. The highest BCUT2D eigenvalue weighted by Gasteiger charge is 2.30. The molecule has 1 aromatic rings. The maximum absolute atomic E-state index is 12.3. The van der Waals surface area contributed by atoms with Gasteiger partial charge in [-0.1, -0.05) is 12.1 Å². The normalized spacial score (nSPS) is 20.8. The molecule has 2 N–H and O–H groups in total. The molecular formula is C12H16ClF3N2. The lowest BCUT2D eigenvalue weighted by Gasteiger charge is -2.15. The smallest absolute Gasteiger partial charge is 0.326 e. The molecule has 0 bridgehead atoms. The molecule has 0 aliphatic carbocycles. The van der Waals surface area contributed by atoms with Crippen LogP contribution < -0.4 is 5.73 Å². The van der Waals surface area contributed by atoms with Gasteiger partial charge in [-0.25, -0.2) is 0 Å². The van der Waals surface area contributed by atoms with Gasteiger partial charge in [0.15, 0.2) is 0 Å². The fraction of sp³-hybridized carbons (Fsp3) is 0.500. The molecular weight excluding hydrogens is 265 g/mol. The Morgan fingerprint density at radius 3 is 2.28 bits per heavy atom. The number of benzene rings is 1. The molecule has 1 fully saturated rings. The lowest BCUT2D eigenvalue weighted by molar-refractivity contribution is -0.137. The highest BCUT2D eigenvalue weighted by molar-refractivity contribution is 5.85. The Morgan fingerprint density at radius 2 is 1.83 bits per heavy atom. The Balaban J connectivity index is 0.00000162. The van der Waals surface area contributed by atoms with Crippen LogP contribution in [0.2, 0.25) is 0 Å². The summed E-state index contributed by atoms with van der Waals surface area (Å²) in [5, 5.41) is 0. The quantitative estimate of drug-likeness (QED) is 0.902. The SMILES string of the molecule is Cl.N[C@H]1CCN(Cc2ccc(C(F)(F)F)cc2)C1. The second-order valence-corrected chi connectivity index (χ2v) is 4.48. The average Bonchev–Trinajstić information content (AvgIpc) is 2.63. The van der Waals surface area contributed by atoms with Crippen molar-refractivity contribution in [2.24, 2.45) is 5.73 Å². The number of nitrogens with zero attached hydrogens (tertiary/aromatic N) is 1. The van der Waals surface area contributed by atoms with Crippen molar-refractivity contribution in [1.82, 2.24) is 4.90 Å². The van der Waals surface area contributed by atoms with Crippen LogP contribution >= 0.6 is 12.4 Å². The monoisotopic (exact) mass is 280 g/mol. The van der Waals surface area contributed by atoms with Crippen LogP contribution in [0.15, 0.2) is 24.3 Å². The summed E-state index contributed by atoms with van der Waals surface area (Å²) in [6, 6.07) is 5.53. The van der Waals surface area contributed by atoms with Crippen molar-refractivity contribution < 1.29 is 13.2 Å². The predicted molar refractivity (Wildman–Crippen MR) is 66.6 cm³/mol. The fourth-order valence-corrected chi connectivity index (χ4v) is 2.06. The van der Waals surface area contributed by atoms with E-state index < -0.39 is 11.7 Å². The number of nitrogens with two attached hydrogens (primary N) is 1. The standard InChI is InChI=1S/C12H15F3N2.ClH/c13-12(14,15)10-3-1-9(2-4-10)7-17-6-5-11(16)8-17;/h1-4,11H,5-8,16H2;1H/t11-;/m0./s1. The van der Waals surface area contributed by atoms with Gasteiger partial charge in [0.1, 0.15) is 0 Å². The van der Waals surface area contributed by atoms with Crippen molar-refractivity contribution >= 4 is 12.4 Å². The van der Waals surface area contributed by atoms with Gasteiger partial charge in [0.25, 0.3) is 0 Å². The predicted octanol–water partition coefficient (Wildman–Crippen LogP) is 2.66. The van der Waals surface area contributed by atoms with Crippen LogP contribution in [-0.4, -0.2) is 24.0 Å². The number of hydrogen-bond donors (Lipinski definition) is 1. The molecule has 0 aromatic heterocycles. The summed E-state index contributed by atoms with van der Waals surface area (Å²) in [6.45, 7) is 2.41. The van der Waals surface area contributed by atoms with Gasteiger partial charge in [0.2, 0.25) is 0 Å². The van der Waals surface area contributed by atoms with E-state index in [2.05, 4.69) is 4.90 Å². The number of alkyl halides is 3. The third kappa shape index (κ3) is 3.86. The molecule has 2 nitrogen and oxygen atoms in total. The molecule has 6 heteroatoms. The topological polar surface area (TPSA) is 29.3 Å². The first kappa shape index (κ1) is 15.3. The number of hydrogen-bond acceptors (Lipinski definition) is 2. The van der Waals surface area contributed by atoms with Crippen molar-refractivity contribution in [3.05, 3.63) is 35.4 Å². The molecule has 2 rings (SSSR count). The van der Waals surface area contributed by atoms with Gasteiger partial charge in [-0.05, 0) is 24.1 Å². The molecule has 102 valence electrons. The Bertz CT molecular complexity index is 378. The minimum atomic E-state index is -4.26. The van der Waals surface area contributed by atoms with E-state index in [0.29, 0.717) is 6.54 Å². The molecule has 1 aliphatic rings. The zero-order valence-electron chi connectivity index (χ0n) is 9.78. The van der Waals surface area contributed by atoms with Crippen LogP contribution in [0.1, 0.15) is 17.5 Å². The minimum Gasteiger partial charge on any atom is -0.326 e. The van der Waals surface area contributed by atoms with E-state index in [0.717, 1.165) is 37.2 Å². The number of halogens is 4. The first-order valence-electron chi connectivity index (χ1n) is 5.59. The van der Waals surface area contributed by atoms with Crippen molar-refractivity contribution in [2.45, 2.75) is 25.2 Å². The highest BCUT2D eigenvalue weighted by atomic mass is 35.5. The van der Waals surface area contributed by atoms with E-state index in [9.17, 15) is 13.2 Å². The first-order valence-corrected chi connectivity index (χ1v) is 5.59. The van der Waals surface area contributed by atoms with Crippen LogP contribution in [0.25, 0.3) is 0 Å². The number of rotatable bonds is 2. The van der Waals surface area contributed by atoms with Gasteiger partial charge in [-0.3, -0.25) is 4.90 Å². The van der Waals surface area contributed by atoms with E-state index in [1.165, 1.54) is 12.1 Å². The summed E-state index contributed by atoms with van der Waals surface area (Å²) in [7, 11) is 0. The maximum Gasteiger partial charge on any atom is 0.416 e. The fourth-order valence-electron chi connectivity index (χ4n) is 2.06. The minimum absolute atomic E-state index is 0. The Hall–Kier alpha value is -0.780. The molecule has 0 spiro atoms. The zero-order valence-corrected chi connectivity index (χ0v) is 10.6. The summed E-state index contributed by atoms with van der Waals surface area (Å²) in [6.07, 6.45) is -3.30. The van der Waals surface area contributed by atoms with Crippen LogP contribution in [-0.2, 0) is 12.7 Å². The first-order chi connectivity index (χ1) is 7.95. The zero-order chi connectivity index (χ0) is 12.5. The van der Waals surface area contributed by atoms with E-state index in [4.69, 9.17) is 5.73 Å². The van der Waals surface area contributed by atoms with Gasteiger partial charge in [0, 0.05) is 25.7 Å². The van der Waals surface area contributed by atoms with Crippen molar-refractivity contribution in [1.29, 1.82) is 0 Å². The molecule has 0 unspecified atom stereocenters. The summed E-state index contributed by atoms with van der Waals surface area (Å²) in [5.74, 6) is 0. The van der Waals surface area contributed by atoms with Gasteiger partial charge < -0.3 is 5.73 Å². The number of likely N-dealkylation sites (tertiary alicyclic amines) is 1. The second kappa shape index (κ2) is 5.91. The molecule has 1 aromatic carbocycles. The third-order valence-electron chi connectivity index (χ3n) is 3.00. The molecule has 1 atom stereocenters. The van der Waals surface area contributed by atoms with E-state index in [1.807, 2.05) is 0 Å². The lowest BCUT2D eigenvalue weighted by Crippen LogP contribution is -2.26. The van der Waals surface area contributed by atoms with Crippen molar-refractivity contribution in [2.75, 3.05) is 13.1 Å². The van der Waals surface area contributed by atoms with Crippen molar-refractivity contribution in [3.63, 3.8) is 0 Å². The van der Waals surface area contributed by atoms with Crippen LogP contribution in [0.4, 0.5) is 13.2 Å². The average molecular weight is 281 g/mol. The molecule has 18 heavy (non-hydrogen) atoms. The highest BCUT2D eigenvalue weighted by Crippen LogP contribution is 2.29. The lowest BCUT2D eigenvalue weighted by atomic mass is 10.1. The van der Waals surface area contributed by atoms with Gasteiger partial charge >= 0.3 is 6.18 Å². The van der Waals surface area contributed by atoms with Gasteiger partial charge in [-0.15, -0.1) is 12.4 Å². The largest absolute Gasteiger partial charge is 0.416 e. The molecule has 1 heterocycles. The van der Waals surface area contributed by atoms with E-state index in [1.54, 1.807) is 0 Å². The Labute approximate surface area is 110 Å². The molecule has 0 amide bonds. The van der Waals surface area contributed by atoms with Crippen LogP contribution in [0, 0.1) is 0 Å². The van der Waals surface area contributed by atoms with Crippen molar-refractivity contribution in [3.8, 4) is 0 Å². The third-order valence-corrected chi connectivity index (χ3v) is 3.00. The molecule has 1 saturated heterocycles. The van der Waals surface area contributed by atoms with E-state index in [-0.39, 0.29) is 18.4 Å². The Morgan fingerprint density at radius 1 is 1.22 bits per heavy atom. The second-order valence-electron chi connectivity index (χ2n) is 4.48. The summed E-state index contributed by atoms with van der Waals surface area (Å²) < 4.78 is 37.0. The molecule has 1 aliphatic heterocycles. The molecule has 0 radical (unpaired) electrons. The van der Waals surface area contributed by atoms with Crippen LogP contribution in [0.3, 0.4) is 0 Å².